The lowest BCUT2D eigenvalue weighted by molar-refractivity contribution is 0.590. The predicted molar refractivity (Wildman–Crippen MR) is 176 cm³/mol. The Morgan fingerprint density at radius 3 is 1.12 bits per heavy atom. The van der Waals surface area contributed by atoms with Gasteiger partial charge in [0, 0.05) is 0 Å². The Kier molecular flexibility index (Phi) is 7.49. The Labute approximate surface area is 242 Å². The summed E-state index contributed by atoms with van der Waals surface area (Å²) < 4.78 is 0. The van der Waals surface area contributed by atoms with E-state index in [0.717, 1.165) is 12.8 Å². The van der Waals surface area contributed by atoms with Gasteiger partial charge in [-0.05, 0) is 93.2 Å². The van der Waals surface area contributed by atoms with Crippen LogP contribution in [0.15, 0.2) is 96.1 Å². The molecule has 0 nitrogen and oxygen atoms in total. The standard InChI is InChI=1S/2C20H22/c2*1-14-12-16-6-5-7-18(19(16)13-14)15-8-10-17(11-9-15)20(2,3)4/h2*5-11,13H,12H2,1-4H3. The first-order valence-electron chi connectivity index (χ1n) is 14.7. The predicted octanol–water partition coefficient (Wildman–Crippen LogP) is 11.2. The van der Waals surface area contributed by atoms with Gasteiger partial charge in [0.15, 0.2) is 0 Å². The van der Waals surface area contributed by atoms with E-state index in [4.69, 9.17) is 0 Å². The average Bonchev–Trinajstić information content (AvgIpc) is 3.48. The van der Waals surface area contributed by atoms with Gasteiger partial charge >= 0.3 is 0 Å². The molecule has 6 rings (SSSR count). The summed E-state index contributed by atoms with van der Waals surface area (Å²) in [5.41, 5.74) is 17.2. The van der Waals surface area contributed by atoms with Crippen molar-refractivity contribution in [2.24, 2.45) is 0 Å². The summed E-state index contributed by atoms with van der Waals surface area (Å²) in [7, 11) is 0. The van der Waals surface area contributed by atoms with Crippen molar-refractivity contribution in [2.75, 3.05) is 0 Å². The molecule has 0 aliphatic heterocycles. The zero-order valence-corrected chi connectivity index (χ0v) is 25.7. The lowest BCUT2D eigenvalue weighted by Gasteiger charge is -2.19. The molecule has 0 fully saturated rings. The maximum atomic E-state index is 2.34. The first-order chi connectivity index (χ1) is 18.9. The Bertz CT molecular complexity index is 1450. The van der Waals surface area contributed by atoms with Crippen molar-refractivity contribution in [3.63, 3.8) is 0 Å². The molecule has 0 unspecified atom stereocenters. The summed E-state index contributed by atoms with van der Waals surface area (Å²) in [5, 5.41) is 0. The molecule has 4 aromatic carbocycles. The fourth-order valence-electron chi connectivity index (χ4n) is 5.87. The van der Waals surface area contributed by atoms with Gasteiger partial charge in [0.2, 0.25) is 0 Å². The molecule has 0 amide bonds. The molecular formula is C40H44. The Morgan fingerprint density at radius 1 is 0.450 bits per heavy atom. The Morgan fingerprint density at radius 2 is 0.800 bits per heavy atom. The van der Waals surface area contributed by atoms with Gasteiger partial charge in [0.05, 0.1) is 0 Å². The molecule has 0 aromatic heterocycles. The van der Waals surface area contributed by atoms with Crippen LogP contribution in [0.25, 0.3) is 34.4 Å². The van der Waals surface area contributed by atoms with E-state index in [9.17, 15) is 0 Å². The zero-order chi connectivity index (χ0) is 28.7. The fraction of sp³-hybridized carbons (Fsp3) is 0.300. The van der Waals surface area contributed by atoms with Crippen LogP contribution >= 0.6 is 0 Å². The van der Waals surface area contributed by atoms with Crippen LogP contribution in [0, 0.1) is 0 Å². The largest absolute Gasteiger partial charge is 0.0683 e. The lowest BCUT2D eigenvalue weighted by Crippen LogP contribution is -2.10. The quantitative estimate of drug-likeness (QED) is 0.245. The second kappa shape index (κ2) is 10.7. The minimum Gasteiger partial charge on any atom is -0.0683 e. The second-order valence-corrected chi connectivity index (χ2v) is 13.7. The van der Waals surface area contributed by atoms with Crippen LogP contribution in [-0.4, -0.2) is 0 Å². The molecule has 2 aliphatic carbocycles. The van der Waals surface area contributed by atoms with Crippen molar-refractivity contribution in [3.05, 3.63) is 129 Å². The topological polar surface area (TPSA) is 0 Å². The number of fused-ring (bicyclic) bond motifs is 2. The zero-order valence-electron chi connectivity index (χ0n) is 25.7. The number of hydrogen-bond donors (Lipinski definition) is 0. The van der Waals surface area contributed by atoms with Crippen molar-refractivity contribution in [2.45, 2.75) is 79.1 Å². The summed E-state index contributed by atoms with van der Waals surface area (Å²) in [6, 6.07) is 31.4. The summed E-state index contributed by atoms with van der Waals surface area (Å²) >= 11 is 0. The van der Waals surface area contributed by atoms with Gasteiger partial charge in [-0.1, -0.05) is 150 Å². The number of allylic oxidation sites excluding steroid dienone is 2. The number of hydrogen-bond acceptors (Lipinski definition) is 0. The average molecular weight is 525 g/mol. The minimum absolute atomic E-state index is 0.216. The van der Waals surface area contributed by atoms with Gasteiger partial charge in [-0.25, -0.2) is 0 Å². The van der Waals surface area contributed by atoms with Gasteiger partial charge < -0.3 is 0 Å². The summed E-state index contributed by atoms with van der Waals surface area (Å²) in [6.07, 6.45) is 6.87. The molecule has 40 heavy (non-hydrogen) atoms. The molecule has 0 heterocycles. The molecule has 0 saturated carbocycles. The van der Waals surface area contributed by atoms with Crippen molar-refractivity contribution >= 4 is 12.2 Å². The first kappa shape index (κ1) is 27.9. The fourth-order valence-corrected chi connectivity index (χ4v) is 5.87. The molecule has 204 valence electrons. The third-order valence-corrected chi connectivity index (χ3v) is 8.24. The van der Waals surface area contributed by atoms with E-state index >= 15 is 0 Å². The monoisotopic (exact) mass is 524 g/mol. The van der Waals surface area contributed by atoms with E-state index in [0.29, 0.717) is 0 Å². The van der Waals surface area contributed by atoms with Crippen LogP contribution in [0.3, 0.4) is 0 Å². The third-order valence-electron chi connectivity index (χ3n) is 8.24. The molecule has 0 bridgehead atoms. The highest BCUT2D eigenvalue weighted by Gasteiger charge is 2.18. The molecule has 0 atom stereocenters. The van der Waals surface area contributed by atoms with Crippen LogP contribution in [0.2, 0.25) is 0 Å². The van der Waals surface area contributed by atoms with Crippen LogP contribution < -0.4 is 0 Å². The molecule has 0 N–H and O–H groups in total. The van der Waals surface area contributed by atoms with E-state index < -0.39 is 0 Å². The minimum atomic E-state index is 0.216. The highest BCUT2D eigenvalue weighted by molar-refractivity contribution is 5.81. The molecule has 4 aromatic rings. The van der Waals surface area contributed by atoms with Crippen molar-refractivity contribution in [1.29, 1.82) is 0 Å². The lowest BCUT2D eigenvalue weighted by atomic mass is 9.86. The van der Waals surface area contributed by atoms with Gasteiger partial charge in [-0.2, -0.15) is 0 Å². The van der Waals surface area contributed by atoms with E-state index in [2.05, 4.69) is 152 Å². The number of rotatable bonds is 2. The second-order valence-electron chi connectivity index (χ2n) is 13.7. The third kappa shape index (κ3) is 5.92. The van der Waals surface area contributed by atoms with Crippen LogP contribution in [0.5, 0.6) is 0 Å². The van der Waals surface area contributed by atoms with Crippen LogP contribution in [0.1, 0.15) is 88.8 Å². The number of benzene rings is 4. The van der Waals surface area contributed by atoms with E-state index in [1.807, 2.05) is 0 Å². The summed E-state index contributed by atoms with van der Waals surface area (Å²) in [4.78, 5) is 0. The normalized spacial score (nSPS) is 14.1. The molecule has 0 heteroatoms. The van der Waals surface area contributed by atoms with Crippen molar-refractivity contribution in [1.82, 2.24) is 0 Å². The van der Waals surface area contributed by atoms with E-state index in [1.54, 1.807) is 0 Å². The van der Waals surface area contributed by atoms with Crippen LogP contribution in [0.4, 0.5) is 0 Å². The maximum absolute atomic E-state index is 2.34. The van der Waals surface area contributed by atoms with Crippen molar-refractivity contribution < 1.29 is 0 Å². The van der Waals surface area contributed by atoms with Gasteiger partial charge in [-0.3, -0.25) is 0 Å². The SMILES string of the molecule is CC1=Cc2c(cccc2-c2ccc(C(C)(C)C)cc2)C1.CC1=Cc2c(cccc2-c2ccc(C(C)(C)C)cc2)C1. The molecule has 0 radical (unpaired) electrons. The van der Waals surface area contributed by atoms with Gasteiger partial charge in [0.25, 0.3) is 0 Å². The molecular weight excluding hydrogens is 480 g/mol. The maximum Gasteiger partial charge on any atom is -0.00604 e. The van der Waals surface area contributed by atoms with Gasteiger partial charge in [0.1, 0.15) is 0 Å². The van der Waals surface area contributed by atoms with Crippen molar-refractivity contribution in [3.8, 4) is 22.3 Å². The molecule has 0 saturated heterocycles. The Hall–Kier alpha value is -3.64. The first-order valence-corrected chi connectivity index (χ1v) is 14.7. The smallest absolute Gasteiger partial charge is 0.00604 e. The molecule has 2 aliphatic rings. The summed E-state index contributed by atoms with van der Waals surface area (Å²) in [6.45, 7) is 18.0. The summed E-state index contributed by atoms with van der Waals surface area (Å²) in [5.74, 6) is 0. The van der Waals surface area contributed by atoms with Gasteiger partial charge in [-0.15, -0.1) is 0 Å². The highest BCUT2D eigenvalue weighted by atomic mass is 14.2. The highest BCUT2D eigenvalue weighted by Crippen LogP contribution is 2.36. The van der Waals surface area contributed by atoms with E-state index in [1.165, 1.54) is 66.8 Å². The van der Waals surface area contributed by atoms with Crippen LogP contribution in [-0.2, 0) is 23.7 Å². The Balaban J connectivity index is 0.000000161. The molecule has 0 spiro atoms. The van der Waals surface area contributed by atoms with E-state index in [-0.39, 0.29) is 10.8 Å².